The monoisotopic (exact) mass is 256 g/mol. The quantitative estimate of drug-likeness (QED) is 0.825. The standard InChI is InChI=1S/C15H12O4/c1-2-13(11-4-6-17-8-11)15-14(18-9-19-15)12(1)10-3-5-16-7-10/h1-3,5,7-8H,4,6,9H2. The maximum absolute atomic E-state index is 5.63. The van der Waals surface area contributed by atoms with Crippen molar-refractivity contribution < 1.29 is 18.6 Å². The third-order valence-electron chi connectivity index (χ3n) is 3.41. The van der Waals surface area contributed by atoms with Gasteiger partial charge in [-0.1, -0.05) is 0 Å². The Hall–Kier alpha value is -2.36. The summed E-state index contributed by atoms with van der Waals surface area (Å²) in [7, 11) is 0. The summed E-state index contributed by atoms with van der Waals surface area (Å²) in [5, 5.41) is 0. The molecule has 1 aromatic heterocycles. The lowest BCUT2D eigenvalue weighted by molar-refractivity contribution is 0.174. The van der Waals surface area contributed by atoms with Crippen molar-refractivity contribution in [3.05, 3.63) is 42.6 Å². The number of furan rings is 1. The van der Waals surface area contributed by atoms with E-state index in [9.17, 15) is 0 Å². The fraction of sp³-hybridized carbons (Fsp3) is 0.200. The van der Waals surface area contributed by atoms with Crippen molar-refractivity contribution in [3.8, 4) is 22.6 Å². The Labute approximate surface area is 110 Å². The Bertz CT molecular complexity index is 640. The molecular weight excluding hydrogens is 244 g/mol. The molecule has 0 saturated heterocycles. The highest BCUT2D eigenvalue weighted by Crippen LogP contribution is 2.46. The summed E-state index contributed by atoms with van der Waals surface area (Å²) >= 11 is 0. The molecule has 96 valence electrons. The third-order valence-corrected chi connectivity index (χ3v) is 3.41. The lowest BCUT2D eigenvalue weighted by Gasteiger charge is -2.08. The van der Waals surface area contributed by atoms with Gasteiger partial charge in [-0.25, -0.2) is 0 Å². The van der Waals surface area contributed by atoms with E-state index in [1.807, 2.05) is 12.1 Å². The highest BCUT2D eigenvalue weighted by Gasteiger charge is 2.25. The first-order valence-electron chi connectivity index (χ1n) is 6.19. The zero-order chi connectivity index (χ0) is 12.7. The molecule has 3 heterocycles. The molecule has 0 radical (unpaired) electrons. The average Bonchev–Trinajstić information content (AvgIpc) is 3.19. The molecular formula is C15H12O4. The van der Waals surface area contributed by atoms with Crippen LogP contribution in [0.25, 0.3) is 16.7 Å². The molecule has 0 unspecified atom stereocenters. The molecule has 0 atom stereocenters. The van der Waals surface area contributed by atoms with Crippen molar-refractivity contribution in [3.63, 3.8) is 0 Å². The van der Waals surface area contributed by atoms with Crippen molar-refractivity contribution >= 4 is 5.57 Å². The molecule has 2 aliphatic heterocycles. The molecule has 2 aliphatic rings. The summed E-state index contributed by atoms with van der Waals surface area (Å²) in [6.07, 6.45) is 6.06. The molecule has 19 heavy (non-hydrogen) atoms. The molecule has 4 nitrogen and oxygen atoms in total. The van der Waals surface area contributed by atoms with Gasteiger partial charge in [0.05, 0.1) is 25.4 Å². The molecule has 0 N–H and O–H groups in total. The van der Waals surface area contributed by atoms with Crippen molar-refractivity contribution in [1.82, 2.24) is 0 Å². The molecule has 0 spiro atoms. The number of benzene rings is 1. The van der Waals surface area contributed by atoms with Crippen LogP contribution in [0.1, 0.15) is 12.0 Å². The van der Waals surface area contributed by atoms with E-state index in [0.29, 0.717) is 0 Å². The van der Waals surface area contributed by atoms with Gasteiger partial charge in [-0.15, -0.1) is 0 Å². The Morgan fingerprint density at radius 1 is 0.947 bits per heavy atom. The minimum absolute atomic E-state index is 0.255. The lowest BCUT2D eigenvalue weighted by atomic mass is 9.99. The predicted octanol–water partition coefficient (Wildman–Crippen LogP) is 3.44. The molecule has 2 aromatic rings. The largest absolute Gasteiger partial charge is 0.501 e. The third kappa shape index (κ3) is 1.60. The van der Waals surface area contributed by atoms with Gasteiger partial charge in [0.15, 0.2) is 11.5 Å². The van der Waals surface area contributed by atoms with Crippen LogP contribution in [0.4, 0.5) is 0 Å². The molecule has 4 rings (SSSR count). The van der Waals surface area contributed by atoms with Crippen LogP contribution >= 0.6 is 0 Å². The topological polar surface area (TPSA) is 40.8 Å². The van der Waals surface area contributed by atoms with E-state index in [1.54, 1.807) is 18.8 Å². The van der Waals surface area contributed by atoms with Gasteiger partial charge in [-0.05, 0) is 18.2 Å². The molecule has 1 aromatic carbocycles. The summed E-state index contributed by atoms with van der Waals surface area (Å²) < 4.78 is 21.7. The molecule has 0 fully saturated rings. The fourth-order valence-corrected chi connectivity index (χ4v) is 2.48. The Balaban J connectivity index is 1.87. The molecule has 0 amide bonds. The summed E-state index contributed by atoms with van der Waals surface area (Å²) in [6.45, 7) is 0.986. The Kier molecular flexibility index (Phi) is 2.27. The summed E-state index contributed by atoms with van der Waals surface area (Å²) in [5.41, 5.74) is 4.19. The van der Waals surface area contributed by atoms with E-state index in [2.05, 4.69) is 6.07 Å². The van der Waals surface area contributed by atoms with E-state index in [0.717, 1.165) is 46.8 Å². The molecule has 0 saturated carbocycles. The van der Waals surface area contributed by atoms with Crippen LogP contribution in [-0.2, 0) is 4.74 Å². The Morgan fingerprint density at radius 3 is 2.53 bits per heavy atom. The van der Waals surface area contributed by atoms with Crippen LogP contribution in [0.5, 0.6) is 11.5 Å². The fourth-order valence-electron chi connectivity index (χ4n) is 2.48. The number of rotatable bonds is 2. The normalized spacial score (nSPS) is 16.3. The van der Waals surface area contributed by atoms with Crippen molar-refractivity contribution in [2.75, 3.05) is 13.4 Å². The maximum Gasteiger partial charge on any atom is 0.231 e. The second kappa shape index (κ2) is 4.09. The average molecular weight is 256 g/mol. The highest BCUT2D eigenvalue weighted by molar-refractivity contribution is 5.82. The van der Waals surface area contributed by atoms with Gasteiger partial charge in [0, 0.05) is 28.7 Å². The van der Waals surface area contributed by atoms with Crippen molar-refractivity contribution in [1.29, 1.82) is 0 Å². The van der Waals surface area contributed by atoms with Crippen LogP contribution < -0.4 is 9.47 Å². The van der Waals surface area contributed by atoms with E-state index in [1.165, 1.54) is 0 Å². The smallest absolute Gasteiger partial charge is 0.231 e. The highest BCUT2D eigenvalue weighted by atomic mass is 16.7. The van der Waals surface area contributed by atoms with E-state index >= 15 is 0 Å². The number of fused-ring (bicyclic) bond motifs is 1. The van der Waals surface area contributed by atoms with Crippen LogP contribution in [0.2, 0.25) is 0 Å². The first kappa shape index (κ1) is 10.6. The SMILES string of the molecule is C1=C(c2ccc(-c3ccoc3)c3c2OCO3)CCO1. The summed E-state index contributed by atoms with van der Waals surface area (Å²) in [5.74, 6) is 1.59. The van der Waals surface area contributed by atoms with Gasteiger partial charge in [0.25, 0.3) is 0 Å². The van der Waals surface area contributed by atoms with E-state index in [-0.39, 0.29) is 6.79 Å². The first-order valence-corrected chi connectivity index (χ1v) is 6.19. The van der Waals surface area contributed by atoms with Crippen LogP contribution in [0.15, 0.2) is 41.4 Å². The van der Waals surface area contributed by atoms with E-state index in [4.69, 9.17) is 18.6 Å². The first-order chi connectivity index (χ1) is 9.43. The second-order valence-electron chi connectivity index (χ2n) is 4.50. The summed E-state index contributed by atoms with van der Waals surface area (Å²) in [4.78, 5) is 0. The van der Waals surface area contributed by atoms with Gasteiger partial charge in [-0.2, -0.15) is 0 Å². The molecule has 4 heteroatoms. The van der Waals surface area contributed by atoms with Gasteiger partial charge in [0.1, 0.15) is 0 Å². The Morgan fingerprint density at radius 2 is 1.79 bits per heavy atom. The van der Waals surface area contributed by atoms with Gasteiger partial charge < -0.3 is 18.6 Å². The molecule has 0 aliphatic carbocycles. The van der Waals surface area contributed by atoms with Crippen molar-refractivity contribution in [2.24, 2.45) is 0 Å². The number of hydrogen-bond acceptors (Lipinski definition) is 4. The van der Waals surface area contributed by atoms with Gasteiger partial charge in [-0.3, -0.25) is 0 Å². The second-order valence-corrected chi connectivity index (χ2v) is 4.50. The zero-order valence-corrected chi connectivity index (χ0v) is 10.2. The number of ether oxygens (including phenoxy) is 3. The van der Waals surface area contributed by atoms with Crippen molar-refractivity contribution in [2.45, 2.75) is 6.42 Å². The predicted molar refractivity (Wildman–Crippen MR) is 68.8 cm³/mol. The summed E-state index contributed by atoms with van der Waals surface area (Å²) in [6, 6.07) is 6.00. The lowest BCUT2D eigenvalue weighted by Crippen LogP contribution is -1.94. The van der Waals surface area contributed by atoms with Crippen LogP contribution in [-0.4, -0.2) is 13.4 Å². The van der Waals surface area contributed by atoms with E-state index < -0.39 is 0 Å². The van der Waals surface area contributed by atoms with Crippen LogP contribution in [0, 0.1) is 0 Å². The van der Waals surface area contributed by atoms with Gasteiger partial charge in [0.2, 0.25) is 6.79 Å². The zero-order valence-electron chi connectivity index (χ0n) is 10.2. The maximum atomic E-state index is 5.63. The van der Waals surface area contributed by atoms with Gasteiger partial charge >= 0.3 is 0 Å². The minimum Gasteiger partial charge on any atom is -0.501 e. The minimum atomic E-state index is 0.255. The number of hydrogen-bond donors (Lipinski definition) is 0. The molecule has 0 bridgehead atoms. The van der Waals surface area contributed by atoms with Crippen LogP contribution in [0.3, 0.4) is 0 Å².